The summed E-state index contributed by atoms with van der Waals surface area (Å²) >= 11 is 0. The van der Waals surface area contributed by atoms with Crippen LogP contribution in [-0.4, -0.2) is 23.2 Å². The molecule has 1 aliphatic rings. The van der Waals surface area contributed by atoms with E-state index in [1.165, 1.54) is 6.42 Å². The van der Waals surface area contributed by atoms with Crippen LogP contribution in [0.3, 0.4) is 0 Å². The molecule has 3 nitrogen and oxygen atoms in total. The van der Waals surface area contributed by atoms with Crippen LogP contribution < -0.4 is 4.90 Å². The quantitative estimate of drug-likeness (QED) is 0.854. The first-order valence-electron chi connectivity index (χ1n) is 6.46. The van der Waals surface area contributed by atoms with Gasteiger partial charge in [-0.25, -0.2) is 4.98 Å². The molecule has 0 amide bonds. The Kier molecular flexibility index (Phi) is 3.67. The summed E-state index contributed by atoms with van der Waals surface area (Å²) in [5.74, 6) is 2.35. The molecular weight excluding hydrogens is 212 g/mol. The zero-order chi connectivity index (χ0) is 12.4. The third-order valence-corrected chi connectivity index (χ3v) is 3.44. The van der Waals surface area contributed by atoms with Gasteiger partial charge in [-0.1, -0.05) is 19.9 Å². The molecule has 1 aromatic heterocycles. The molecule has 0 aromatic carbocycles. The van der Waals surface area contributed by atoms with E-state index in [-0.39, 0.29) is 0 Å². The maximum atomic E-state index is 9.80. The number of aliphatic hydroxyl groups is 1. The zero-order valence-electron chi connectivity index (χ0n) is 10.9. The van der Waals surface area contributed by atoms with E-state index in [9.17, 15) is 5.11 Å². The van der Waals surface area contributed by atoms with E-state index in [0.29, 0.717) is 11.8 Å². The van der Waals surface area contributed by atoms with Crippen LogP contribution in [0.5, 0.6) is 0 Å². The van der Waals surface area contributed by atoms with Crippen molar-refractivity contribution in [3.05, 3.63) is 23.9 Å². The fourth-order valence-corrected chi connectivity index (χ4v) is 2.84. The SMILES string of the molecule is CC1CC(C)CN(c2ncccc2[C@@H](C)O)C1. The van der Waals surface area contributed by atoms with Crippen molar-refractivity contribution in [1.82, 2.24) is 4.98 Å². The van der Waals surface area contributed by atoms with E-state index in [4.69, 9.17) is 0 Å². The van der Waals surface area contributed by atoms with Crippen LogP contribution in [-0.2, 0) is 0 Å². The Morgan fingerprint density at radius 2 is 2.00 bits per heavy atom. The largest absolute Gasteiger partial charge is 0.389 e. The van der Waals surface area contributed by atoms with Crippen LogP contribution in [0.2, 0.25) is 0 Å². The van der Waals surface area contributed by atoms with E-state index in [0.717, 1.165) is 24.5 Å². The van der Waals surface area contributed by atoms with Crippen molar-refractivity contribution in [3.63, 3.8) is 0 Å². The Labute approximate surface area is 103 Å². The van der Waals surface area contributed by atoms with Gasteiger partial charge in [-0.05, 0) is 31.2 Å². The predicted octanol–water partition coefficient (Wildman–Crippen LogP) is 2.62. The molecule has 1 N–H and O–H groups in total. The van der Waals surface area contributed by atoms with Crippen LogP contribution in [0.4, 0.5) is 5.82 Å². The number of aliphatic hydroxyl groups excluding tert-OH is 1. The van der Waals surface area contributed by atoms with Gasteiger partial charge in [-0.15, -0.1) is 0 Å². The highest BCUT2D eigenvalue weighted by Gasteiger charge is 2.24. The number of hydrogen-bond donors (Lipinski definition) is 1. The summed E-state index contributed by atoms with van der Waals surface area (Å²) in [6, 6.07) is 3.86. The molecule has 2 rings (SSSR count). The third kappa shape index (κ3) is 2.78. The van der Waals surface area contributed by atoms with Crippen molar-refractivity contribution < 1.29 is 5.11 Å². The van der Waals surface area contributed by atoms with Crippen molar-refractivity contribution in [2.24, 2.45) is 11.8 Å². The molecule has 0 bridgehead atoms. The molecule has 3 atom stereocenters. The Morgan fingerprint density at radius 3 is 2.59 bits per heavy atom. The second-order valence-corrected chi connectivity index (χ2v) is 5.44. The Morgan fingerprint density at radius 1 is 1.35 bits per heavy atom. The number of nitrogens with zero attached hydrogens (tertiary/aromatic N) is 2. The number of piperidine rings is 1. The van der Waals surface area contributed by atoms with Crippen molar-refractivity contribution in [1.29, 1.82) is 0 Å². The minimum Gasteiger partial charge on any atom is -0.389 e. The normalized spacial score (nSPS) is 26.9. The standard InChI is InChI=1S/C14H22N2O/c1-10-7-11(2)9-16(8-10)14-13(12(3)17)5-4-6-15-14/h4-6,10-12,17H,7-9H2,1-3H3/t10?,11?,12-/m1/s1. The number of aromatic nitrogens is 1. The highest BCUT2D eigenvalue weighted by atomic mass is 16.3. The van der Waals surface area contributed by atoms with Crippen molar-refractivity contribution >= 4 is 5.82 Å². The maximum absolute atomic E-state index is 9.80. The number of anilines is 1. The van der Waals surface area contributed by atoms with E-state index < -0.39 is 6.10 Å². The highest BCUT2D eigenvalue weighted by Crippen LogP contribution is 2.29. The van der Waals surface area contributed by atoms with Crippen molar-refractivity contribution in [3.8, 4) is 0 Å². The lowest BCUT2D eigenvalue weighted by molar-refractivity contribution is 0.198. The second-order valence-electron chi connectivity index (χ2n) is 5.44. The average molecular weight is 234 g/mol. The van der Waals surface area contributed by atoms with Crippen LogP contribution in [0, 0.1) is 11.8 Å². The maximum Gasteiger partial charge on any atom is 0.134 e. The average Bonchev–Trinajstić information content (AvgIpc) is 2.27. The molecule has 1 aromatic rings. The molecule has 3 heteroatoms. The molecule has 0 spiro atoms. The molecule has 0 saturated carbocycles. The smallest absolute Gasteiger partial charge is 0.134 e. The summed E-state index contributed by atoms with van der Waals surface area (Å²) in [6.07, 6.45) is 2.64. The van der Waals surface area contributed by atoms with Gasteiger partial charge in [0.1, 0.15) is 5.82 Å². The molecule has 1 fully saturated rings. The summed E-state index contributed by atoms with van der Waals surface area (Å²) in [5.41, 5.74) is 0.939. The van der Waals surface area contributed by atoms with E-state index in [1.54, 1.807) is 6.92 Å². The molecule has 2 heterocycles. The first-order valence-corrected chi connectivity index (χ1v) is 6.46. The molecule has 94 valence electrons. The molecule has 1 aliphatic heterocycles. The monoisotopic (exact) mass is 234 g/mol. The van der Waals surface area contributed by atoms with Crippen LogP contribution in [0.1, 0.15) is 38.9 Å². The van der Waals surface area contributed by atoms with E-state index >= 15 is 0 Å². The molecule has 2 unspecified atom stereocenters. The first-order chi connectivity index (χ1) is 8.08. The molecular formula is C14H22N2O. The lowest BCUT2D eigenvalue weighted by atomic mass is 9.91. The van der Waals surface area contributed by atoms with Gasteiger partial charge >= 0.3 is 0 Å². The third-order valence-electron chi connectivity index (χ3n) is 3.44. The van der Waals surface area contributed by atoms with Gasteiger partial charge in [0.15, 0.2) is 0 Å². The Balaban J connectivity index is 2.27. The second kappa shape index (κ2) is 5.05. The van der Waals surface area contributed by atoms with Crippen LogP contribution >= 0.6 is 0 Å². The minimum absolute atomic E-state index is 0.453. The van der Waals surface area contributed by atoms with Gasteiger partial charge < -0.3 is 10.0 Å². The van der Waals surface area contributed by atoms with Gasteiger partial charge in [0.05, 0.1) is 6.10 Å². The van der Waals surface area contributed by atoms with Crippen LogP contribution in [0.15, 0.2) is 18.3 Å². The summed E-state index contributed by atoms with van der Waals surface area (Å²) in [7, 11) is 0. The van der Waals surface area contributed by atoms with Gasteiger partial charge in [-0.3, -0.25) is 0 Å². The summed E-state index contributed by atoms with van der Waals surface area (Å²) in [6.45, 7) is 8.46. The number of hydrogen-bond acceptors (Lipinski definition) is 3. The molecule has 0 radical (unpaired) electrons. The lowest BCUT2D eigenvalue weighted by Gasteiger charge is -2.37. The minimum atomic E-state index is -0.453. The van der Waals surface area contributed by atoms with E-state index in [2.05, 4.69) is 23.7 Å². The zero-order valence-corrected chi connectivity index (χ0v) is 10.9. The van der Waals surface area contributed by atoms with Crippen molar-refractivity contribution in [2.75, 3.05) is 18.0 Å². The van der Waals surface area contributed by atoms with Gasteiger partial charge in [-0.2, -0.15) is 0 Å². The summed E-state index contributed by atoms with van der Waals surface area (Å²) in [4.78, 5) is 6.78. The van der Waals surface area contributed by atoms with Gasteiger partial charge in [0.2, 0.25) is 0 Å². The van der Waals surface area contributed by atoms with Crippen LogP contribution in [0.25, 0.3) is 0 Å². The van der Waals surface area contributed by atoms with Gasteiger partial charge in [0.25, 0.3) is 0 Å². The lowest BCUT2D eigenvalue weighted by Crippen LogP contribution is -2.39. The summed E-state index contributed by atoms with van der Waals surface area (Å²) < 4.78 is 0. The Hall–Kier alpha value is -1.09. The predicted molar refractivity (Wildman–Crippen MR) is 70.0 cm³/mol. The van der Waals surface area contributed by atoms with Gasteiger partial charge in [0, 0.05) is 24.8 Å². The summed E-state index contributed by atoms with van der Waals surface area (Å²) in [5, 5.41) is 9.80. The molecule has 0 aliphatic carbocycles. The number of pyridine rings is 1. The highest BCUT2D eigenvalue weighted by molar-refractivity contribution is 5.48. The molecule has 17 heavy (non-hydrogen) atoms. The molecule has 1 saturated heterocycles. The Bertz CT molecular complexity index is 368. The fraction of sp³-hybridized carbons (Fsp3) is 0.643. The fourth-order valence-electron chi connectivity index (χ4n) is 2.84. The van der Waals surface area contributed by atoms with Crippen molar-refractivity contribution in [2.45, 2.75) is 33.3 Å². The number of rotatable bonds is 2. The topological polar surface area (TPSA) is 36.4 Å². The van der Waals surface area contributed by atoms with E-state index in [1.807, 2.05) is 18.3 Å². The first kappa shape index (κ1) is 12.4.